The van der Waals surface area contributed by atoms with Gasteiger partial charge in [-0.15, -0.1) is 0 Å². The number of fused-ring (bicyclic) bond motifs is 2. The third kappa shape index (κ3) is 1.52. The Labute approximate surface area is 89.8 Å². The Kier molecular flexibility index (Phi) is 1.98. The summed E-state index contributed by atoms with van der Waals surface area (Å²) < 4.78 is 0. The number of carbonyl (C=O) groups excluding carboxylic acids is 1. The lowest BCUT2D eigenvalue weighted by atomic mass is 9.92. The van der Waals surface area contributed by atoms with E-state index in [0.29, 0.717) is 11.7 Å². The van der Waals surface area contributed by atoms with Gasteiger partial charge >= 0.3 is 0 Å². The van der Waals surface area contributed by atoms with Gasteiger partial charge in [0.1, 0.15) is 5.78 Å². The number of hydrogen-bond acceptors (Lipinski definition) is 1. The second-order valence-corrected chi connectivity index (χ2v) is 4.61. The summed E-state index contributed by atoms with van der Waals surface area (Å²) in [5.41, 5.74) is 2.86. The van der Waals surface area contributed by atoms with E-state index in [1.807, 2.05) is 6.07 Å². The molecule has 2 atom stereocenters. The molecule has 2 aliphatic carbocycles. The van der Waals surface area contributed by atoms with Gasteiger partial charge in [-0.1, -0.05) is 42.0 Å². The molecule has 1 nitrogen and oxygen atoms in total. The molecule has 0 amide bonds. The first-order valence-electron chi connectivity index (χ1n) is 5.60. The summed E-state index contributed by atoms with van der Waals surface area (Å²) in [4.78, 5) is 11.4. The van der Waals surface area contributed by atoms with Crippen LogP contribution in [0.4, 0.5) is 0 Å². The largest absolute Gasteiger partial charge is 0.299 e. The lowest BCUT2D eigenvalue weighted by molar-refractivity contribution is -0.119. The van der Waals surface area contributed by atoms with Crippen LogP contribution < -0.4 is 0 Å². The van der Waals surface area contributed by atoms with E-state index < -0.39 is 0 Å². The number of allylic oxidation sites excluding steroid dienone is 2. The smallest absolute Gasteiger partial charge is 0.140 e. The van der Waals surface area contributed by atoms with Crippen molar-refractivity contribution in [1.82, 2.24) is 0 Å². The minimum Gasteiger partial charge on any atom is -0.299 e. The molecule has 0 aromatic heterocycles. The molecule has 1 aromatic carbocycles. The molecule has 76 valence electrons. The van der Waals surface area contributed by atoms with Gasteiger partial charge in [0.15, 0.2) is 0 Å². The van der Waals surface area contributed by atoms with Crippen molar-refractivity contribution in [1.29, 1.82) is 0 Å². The Morgan fingerprint density at radius 2 is 2.00 bits per heavy atom. The third-order valence-corrected chi connectivity index (χ3v) is 3.59. The predicted molar refractivity (Wildman–Crippen MR) is 59.5 cm³/mol. The van der Waals surface area contributed by atoms with Crippen molar-refractivity contribution >= 4 is 5.78 Å². The fourth-order valence-corrected chi connectivity index (χ4v) is 2.79. The highest BCUT2D eigenvalue weighted by Crippen LogP contribution is 2.42. The highest BCUT2D eigenvalue weighted by atomic mass is 16.1. The molecule has 0 aliphatic heterocycles. The van der Waals surface area contributed by atoms with Crippen molar-refractivity contribution in [3.63, 3.8) is 0 Å². The van der Waals surface area contributed by atoms with E-state index in [0.717, 1.165) is 19.3 Å². The van der Waals surface area contributed by atoms with Gasteiger partial charge in [0.2, 0.25) is 0 Å². The Morgan fingerprint density at radius 3 is 2.60 bits per heavy atom. The second-order valence-electron chi connectivity index (χ2n) is 4.61. The zero-order valence-electron chi connectivity index (χ0n) is 8.65. The van der Waals surface area contributed by atoms with Crippen LogP contribution in [0.25, 0.3) is 0 Å². The van der Waals surface area contributed by atoms with Crippen LogP contribution in [0.15, 0.2) is 42.0 Å². The van der Waals surface area contributed by atoms with Crippen molar-refractivity contribution in [3.05, 3.63) is 47.5 Å². The van der Waals surface area contributed by atoms with Crippen LogP contribution >= 0.6 is 0 Å². The van der Waals surface area contributed by atoms with Crippen LogP contribution in [0, 0.1) is 11.8 Å². The minimum atomic E-state index is 0.258. The molecule has 15 heavy (non-hydrogen) atoms. The summed E-state index contributed by atoms with van der Waals surface area (Å²) in [6.07, 6.45) is 5.13. The Morgan fingerprint density at radius 1 is 1.20 bits per heavy atom. The fourth-order valence-electron chi connectivity index (χ4n) is 2.79. The van der Waals surface area contributed by atoms with Gasteiger partial charge in [0, 0.05) is 12.3 Å². The van der Waals surface area contributed by atoms with Crippen LogP contribution in [0.1, 0.15) is 18.4 Å². The van der Waals surface area contributed by atoms with Crippen LogP contribution in [0.3, 0.4) is 0 Å². The van der Waals surface area contributed by atoms with Crippen LogP contribution in [-0.4, -0.2) is 5.78 Å². The molecule has 2 aliphatic rings. The van der Waals surface area contributed by atoms with Crippen LogP contribution in [0.2, 0.25) is 0 Å². The molecule has 1 aromatic rings. The summed E-state index contributed by atoms with van der Waals surface area (Å²) in [7, 11) is 0. The average molecular weight is 198 g/mol. The molecule has 0 radical (unpaired) electrons. The molecule has 2 bridgehead atoms. The molecular formula is C14H14O. The second kappa shape index (κ2) is 3.34. The van der Waals surface area contributed by atoms with E-state index in [9.17, 15) is 4.79 Å². The van der Waals surface area contributed by atoms with Gasteiger partial charge in [0.25, 0.3) is 0 Å². The lowest BCUT2D eigenvalue weighted by Gasteiger charge is -2.12. The molecule has 3 rings (SSSR count). The number of ketones is 1. The number of Topliss-reactive ketones (excluding diaryl/α,β-unsaturated/α-hetero) is 1. The predicted octanol–water partition coefficient (Wildman–Crippen LogP) is 2.76. The Bertz CT molecular complexity index is 416. The summed E-state index contributed by atoms with van der Waals surface area (Å²) >= 11 is 0. The van der Waals surface area contributed by atoms with Gasteiger partial charge in [-0.2, -0.15) is 0 Å². The first-order valence-corrected chi connectivity index (χ1v) is 5.60. The lowest BCUT2D eigenvalue weighted by Crippen LogP contribution is -2.08. The molecule has 0 N–H and O–H groups in total. The Balaban J connectivity index is 1.79. The molecule has 1 heteroatoms. The first-order chi connectivity index (χ1) is 7.33. The first kappa shape index (κ1) is 8.90. The van der Waals surface area contributed by atoms with Crippen molar-refractivity contribution in [2.75, 3.05) is 0 Å². The van der Waals surface area contributed by atoms with E-state index >= 15 is 0 Å². The third-order valence-electron chi connectivity index (χ3n) is 3.59. The highest BCUT2D eigenvalue weighted by molar-refractivity contribution is 5.87. The average Bonchev–Trinajstić information content (AvgIpc) is 2.78. The molecule has 0 heterocycles. The van der Waals surface area contributed by atoms with Crippen LogP contribution in [-0.2, 0) is 11.2 Å². The summed E-state index contributed by atoms with van der Waals surface area (Å²) in [5.74, 6) is 1.27. The molecule has 1 saturated carbocycles. The maximum absolute atomic E-state index is 11.4. The van der Waals surface area contributed by atoms with E-state index in [2.05, 4.69) is 30.3 Å². The van der Waals surface area contributed by atoms with Gasteiger partial charge < -0.3 is 0 Å². The highest BCUT2D eigenvalue weighted by Gasteiger charge is 2.38. The maximum atomic E-state index is 11.4. The number of rotatable bonds is 2. The quantitative estimate of drug-likeness (QED) is 0.668. The summed E-state index contributed by atoms with van der Waals surface area (Å²) in [6.45, 7) is 0. The normalized spacial score (nSPS) is 28.3. The molecule has 2 unspecified atom stereocenters. The maximum Gasteiger partial charge on any atom is 0.140 e. The minimum absolute atomic E-state index is 0.258. The van der Waals surface area contributed by atoms with Crippen molar-refractivity contribution in [2.24, 2.45) is 11.8 Å². The van der Waals surface area contributed by atoms with E-state index in [1.54, 1.807) is 0 Å². The number of benzene rings is 1. The molecule has 0 spiro atoms. The van der Waals surface area contributed by atoms with E-state index in [4.69, 9.17) is 0 Å². The van der Waals surface area contributed by atoms with Gasteiger partial charge in [-0.3, -0.25) is 4.79 Å². The van der Waals surface area contributed by atoms with Gasteiger partial charge in [-0.05, 0) is 24.3 Å². The summed E-state index contributed by atoms with van der Waals surface area (Å²) in [5, 5.41) is 0. The van der Waals surface area contributed by atoms with E-state index in [1.165, 1.54) is 11.1 Å². The Hall–Kier alpha value is -1.37. The topological polar surface area (TPSA) is 17.1 Å². The molecular weight excluding hydrogens is 184 g/mol. The van der Waals surface area contributed by atoms with Crippen LogP contribution in [0.5, 0.6) is 0 Å². The monoisotopic (exact) mass is 198 g/mol. The number of hydrogen-bond donors (Lipinski definition) is 0. The fraction of sp³-hybridized carbons (Fsp3) is 0.357. The van der Waals surface area contributed by atoms with Gasteiger partial charge in [-0.25, -0.2) is 0 Å². The standard InChI is InChI=1S/C14H14O/c15-14-9-12-8-13(14)7-11(12)6-10-4-2-1-3-5-10/h1-5,7,12-13H,6,8-9H2. The summed E-state index contributed by atoms with van der Waals surface area (Å²) in [6, 6.07) is 10.5. The zero-order chi connectivity index (χ0) is 10.3. The van der Waals surface area contributed by atoms with Crippen molar-refractivity contribution < 1.29 is 4.79 Å². The van der Waals surface area contributed by atoms with E-state index in [-0.39, 0.29) is 5.92 Å². The zero-order valence-corrected chi connectivity index (χ0v) is 8.65. The molecule has 1 fully saturated rings. The van der Waals surface area contributed by atoms with Gasteiger partial charge in [0.05, 0.1) is 0 Å². The SMILES string of the molecule is O=C1CC2CC1C=C2Cc1ccccc1. The van der Waals surface area contributed by atoms with Crippen molar-refractivity contribution in [3.8, 4) is 0 Å². The van der Waals surface area contributed by atoms with Crippen molar-refractivity contribution in [2.45, 2.75) is 19.3 Å². The molecule has 0 saturated heterocycles. The number of carbonyl (C=O) groups is 1.